The van der Waals surface area contributed by atoms with Gasteiger partial charge in [-0.3, -0.25) is 14.5 Å². The van der Waals surface area contributed by atoms with Crippen LogP contribution in [0.5, 0.6) is 0 Å². The van der Waals surface area contributed by atoms with Crippen molar-refractivity contribution in [2.45, 2.75) is 39.3 Å². The molecule has 0 aliphatic carbocycles. The zero-order valence-electron chi connectivity index (χ0n) is 15.3. The van der Waals surface area contributed by atoms with Crippen molar-refractivity contribution in [1.82, 2.24) is 14.7 Å². The quantitative estimate of drug-likeness (QED) is 0.700. The minimum atomic E-state index is -0.184. The van der Waals surface area contributed by atoms with Crippen molar-refractivity contribution in [3.8, 4) is 0 Å². The van der Waals surface area contributed by atoms with Crippen LogP contribution < -0.4 is 0 Å². The van der Waals surface area contributed by atoms with Crippen LogP contribution in [0.25, 0.3) is 0 Å². The molecule has 1 aromatic rings. The molecule has 1 fully saturated rings. The first kappa shape index (κ1) is 19.7. The third-order valence-corrected chi connectivity index (χ3v) is 5.54. The van der Waals surface area contributed by atoms with Gasteiger partial charge in [0.25, 0.3) is 0 Å². The van der Waals surface area contributed by atoms with E-state index < -0.39 is 0 Å². The molecule has 2 heterocycles. The van der Waals surface area contributed by atoms with E-state index in [0.29, 0.717) is 26.1 Å². The molecule has 1 saturated heterocycles. The van der Waals surface area contributed by atoms with Gasteiger partial charge >= 0.3 is 0 Å². The van der Waals surface area contributed by atoms with Crippen LogP contribution in [0.1, 0.15) is 31.6 Å². The van der Waals surface area contributed by atoms with Crippen LogP contribution in [-0.2, 0) is 16.1 Å². The number of amides is 2. The molecule has 138 valence electrons. The predicted molar refractivity (Wildman–Crippen MR) is 102 cm³/mol. The Morgan fingerprint density at radius 3 is 2.80 bits per heavy atom. The van der Waals surface area contributed by atoms with E-state index in [1.807, 2.05) is 35.1 Å². The average Bonchev–Trinajstić information content (AvgIpc) is 3.01. The molecule has 25 heavy (non-hydrogen) atoms. The molecule has 1 aromatic heterocycles. The third kappa shape index (κ3) is 5.41. The van der Waals surface area contributed by atoms with Gasteiger partial charge in [0.1, 0.15) is 0 Å². The Bertz CT molecular complexity index is 573. The molecular formula is C19H29N3O2S. The minimum Gasteiger partial charge on any atom is -0.341 e. The number of rotatable bonds is 7. The van der Waals surface area contributed by atoms with Crippen molar-refractivity contribution in [2.75, 3.05) is 32.7 Å². The third-order valence-electron chi connectivity index (χ3n) is 4.68. The molecule has 0 N–H and O–H groups in total. The first-order valence-electron chi connectivity index (χ1n) is 9.00. The zero-order chi connectivity index (χ0) is 18.2. The van der Waals surface area contributed by atoms with Gasteiger partial charge in [0.2, 0.25) is 11.8 Å². The standard InChI is InChI=1S/C19H29N3O2S/c1-4-9-22(15-17-8-6-14-25-17)19(24)16(3)20-10-7-11-21(13-12-20)18(23)5-2/h4,6,8,14,16H,1,5,7,9-13,15H2,2-3H3. The molecule has 1 unspecified atom stereocenters. The SMILES string of the molecule is C=CCN(Cc1cccs1)C(=O)C(C)N1CCCN(C(=O)CC)CC1. The van der Waals surface area contributed by atoms with Gasteiger partial charge in [-0.2, -0.15) is 0 Å². The van der Waals surface area contributed by atoms with Gasteiger partial charge in [0.05, 0.1) is 12.6 Å². The largest absolute Gasteiger partial charge is 0.341 e. The number of nitrogens with zero attached hydrogens (tertiary/aromatic N) is 3. The molecule has 0 bridgehead atoms. The van der Waals surface area contributed by atoms with E-state index in [1.165, 1.54) is 4.88 Å². The maximum atomic E-state index is 13.0. The number of hydrogen-bond acceptors (Lipinski definition) is 4. The molecular weight excluding hydrogens is 334 g/mol. The van der Waals surface area contributed by atoms with Crippen LogP contribution in [-0.4, -0.2) is 65.3 Å². The average molecular weight is 364 g/mol. The lowest BCUT2D eigenvalue weighted by atomic mass is 10.2. The molecule has 0 aromatic carbocycles. The second kappa shape index (κ2) is 9.73. The van der Waals surface area contributed by atoms with Gasteiger partial charge in [-0.25, -0.2) is 0 Å². The van der Waals surface area contributed by atoms with E-state index in [2.05, 4.69) is 17.5 Å². The lowest BCUT2D eigenvalue weighted by Gasteiger charge is -2.31. The number of hydrogen-bond donors (Lipinski definition) is 0. The summed E-state index contributed by atoms with van der Waals surface area (Å²) in [5.41, 5.74) is 0. The summed E-state index contributed by atoms with van der Waals surface area (Å²) in [6, 6.07) is 3.88. The molecule has 1 aliphatic rings. The van der Waals surface area contributed by atoms with Crippen LogP contribution in [0.3, 0.4) is 0 Å². The van der Waals surface area contributed by atoms with Gasteiger partial charge < -0.3 is 9.80 Å². The van der Waals surface area contributed by atoms with E-state index >= 15 is 0 Å². The fourth-order valence-electron chi connectivity index (χ4n) is 3.20. The highest BCUT2D eigenvalue weighted by Crippen LogP contribution is 2.15. The van der Waals surface area contributed by atoms with Crippen molar-refractivity contribution < 1.29 is 9.59 Å². The Morgan fingerprint density at radius 2 is 2.16 bits per heavy atom. The summed E-state index contributed by atoms with van der Waals surface area (Å²) < 4.78 is 0. The summed E-state index contributed by atoms with van der Waals surface area (Å²) >= 11 is 1.67. The Balaban J connectivity index is 1.98. The fraction of sp³-hybridized carbons (Fsp3) is 0.579. The van der Waals surface area contributed by atoms with Crippen LogP contribution in [0.4, 0.5) is 0 Å². The summed E-state index contributed by atoms with van der Waals surface area (Å²) in [4.78, 5) is 32.1. The Kier molecular flexibility index (Phi) is 7.65. The first-order chi connectivity index (χ1) is 12.1. The van der Waals surface area contributed by atoms with E-state index in [-0.39, 0.29) is 17.9 Å². The van der Waals surface area contributed by atoms with Gasteiger partial charge in [-0.1, -0.05) is 19.1 Å². The minimum absolute atomic E-state index is 0.128. The fourth-order valence-corrected chi connectivity index (χ4v) is 3.92. The van der Waals surface area contributed by atoms with E-state index in [1.54, 1.807) is 17.4 Å². The van der Waals surface area contributed by atoms with Gasteiger partial charge in [0.15, 0.2) is 0 Å². The van der Waals surface area contributed by atoms with Crippen LogP contribution in [0, 0.1) is 0 Å². The lowest BCUT2D eigenvalue weighted by Crippen LogP contribution is -2.48. The first-order valence-corrected chi connectivity index (χ1v) is 9.88. The second-order valence-electron chi connectivity index (χ2n) is 6.39. The topological polar surface area (TPSA) is 43.9 Å². The Hall–Kier alpha value is -1.66. The number of carbonyl (C=O) groups excluding carboxylic acids is 2. The summed E-state index contributed by atoms with van der Waals surface area (Å²) in [6.07, 6.45) is 3.24. The molecule has 6 heteroatoms. The molecule has 1 aliphatic heterocycles. The van der Waals surface area contributed by atoms with Gasteiger partial charge in [0, 0.05) is 44.0 Å². The van der Waals surface area contributed by atoms with Gasteiger partial charge in [-0.15, -0.1) is 17.9 Å². The van der Waals surface area contributed by atoms with Crippen molar-refractivity contribution >= 4 is 23.2 Å². The van der Waals surface area contributed by atoms with E-state index in [0.717, 1.165) is 26.1 Å². The monoisotopic (exact) mass is 363 g/mol. The molecule has 2 amide bonds. The molecule has 0 spiro atoms. The van der Waals surface area contributed by atoms with Crippen molar-refractivity contribution in [1.29, 1.82) is 0 Å². The summed E-state index contributed by atoms with van der Waals surface area (Å²) in [7, 11) is 0. The molecule has 0 saturated carbocycles. The maximum absolute atomic E-state index is 13.0. The van der Waals surface area contributed by atoms with Crippen molar-refractivity contribution in [3.63, 3.8) is 0 Å². The van der Waals surface area contributed by atoms with Gasteiger partial charge in [-0.05, 0) is 24.8 Å². The highest BCUT2D eigenvalue weighted by molar-refractivity contribution is 7.09. The summed E-state index contributed by atoms with van der Waals surface area (Å²) in [5.74, 6) is 0.329. The van der Waals surface area contributed by atoms with E-state index in [9.17, 15) is 9.59 Å². The van der Waals surface area contributed by atoms with Crippen molar-refractivity contribution in [3.05, 3.63) is 35.0 Å². The molecule has 2 rings (SSSR count). The summed E-state index contributed by atoms with van der Waals surface area (Å²) in [6.45, 7) is 11.9. The molecule has 1 atom stereocenters. The predicted octanol–water partition coefficient (Wildman–Crippen LogP) is 2.60. The van der Waals surface area contributed by atoms with Crippen LogP contribution >= 0.6 is 11.3 Å². The van der Waals surface area contributed by atoms with Crippen LogP contribution in [0.2, 0.25) is 0 Å². The molecule has 5 nitrogen and oxygen atoms in total. The van der Waals surface area contributed by atoms with E-state index in [4.69, 9.17) is 0 Å². The van der Waals surface area contributed by atoms with Crippen LogP contribution in [0.15, 0.2) is 30.2 Å². The molecule has 0 radical (unpaired) electrons. The normalized spacial score (nSPS) is 17.0. The second-order valence-corrected chi connectivity index (χ2v) is 7.42. The Labute approximate surface area is 154 Å². The van der Waals surface area contributed by atoms with Crippen molar-refractivity contribution in [2.24, 2.45) is 0 Å². The zero-order valence-corrected chi connectivity index (χ0v) is 16.1. The number of thiophene rings is 1. The lowest BCUT2D eigenvalue weighted by molar-refractivity contribution is -0.136. The highest BCUT2D eigenvalue weighted by atomic mass is 32.1. The smallest absolute Gasteiger partial charge is 0.240 e. The highest BCUT2D eigenvalue weighted by Gasteiger charge is 2.28. The number of carbonyl (C=O) groups is 2. The maximum Gasteiger partial charge on any atom is 0.240 e. The Morgan fingerprint density at radius 1 is 1.36 bits per heavy atom. The summed E-state index contributed by atoms with van der Waals surface area (Å²) in [5, 5.41) is 2.03.